The highest BCUT2D eigenvalue weighted by Crippen LogP contribution is 2.25. The van der Waals surface area contributed by atoms with E-state index in [0.29, 0.717) is 18.0 Å². The Labute approximate surface area is 120 Å². The van der Waals surface area contributed by atoms with Crippen LogP contribution >= 0.6 is 0 Å². The maximum Gasteiger partial charge on any atom is 0.254 e. The van der Waals surface area contributed by atoms with Crippen molar-refractivity contribution in [1.82, 2.24) is 5.32 Å². The van der Waals surface area contributed by atoms with Crippen molar-refractivity contribution < 1.29 is 9.59 Å². The number of nitrogens with zero attached hydrogens (tertiary/aromatic N) is 1. The highest BCUT2D eigenvalue weighted by Gasteiger charge is 2.31. The molecule has 2 rings (SSSR count). The van der Waals surface area contributed by atoms with Crippen LogP contribution < -0.4 is 10.2 Å². The Hall–Kier alpha value is -1.84. The van der Waals surface area contributed by atoms with E-state index < -0.39 is 6.04 Å². The van der Waals surface area contributed by atoms with E-state index in [9.17, 15) is 9.59 Å². The van der Waals surface area contributed by atoms with Crippen LogP contribution in [0.1, 0.15) is 44.0 Å². The van der Waals surface area contributed by atoms with Gasteiger partial charge in [0.25, 0.3) is 5.91 Å². The maximum atomic E-state index is 12.5. The molecule has 1 aromatic rings. The van der Waals surface area contributed by atoms with Crippen molar-refractivity contribution in [2.24, 2.45) is 5.92 Å². The van der Waals surface area contributed by atoms with E-state index >= 15 is 0 Å². The molecule has 2 amide bonds. The van der Waals surface area contributed by atoms with Crippen LogP contribution in [0.15, 0.2) is 24.3 Å². The molecule has 0 aromatic heterocycles. The molecule has 0 saturated heterocycles. The molecule has 1 aliphatic heterocycles. The first kappa shape index (κ1) is 14.6. The van der Waals surface area contributed by atoms with Crippen LogP contribution in [0.3, 0.4) is 0 Å². The molecule has 20 heavy (non-hydrogen) atoms. The summed E-state index contributed by atoms with van der Waals surface area (Å²) in [5.74, 6) is 0.204. The lowest BCUT2D eigenvalue weighted by Gasteiger charge is -2.27. The lowest BCUT2D eigenvalue weighted by atomic mass is 10.0. The van der Waals surface area contributed by atoms with Crippen LogP contribution in [-0.4, -0.2) is 24.4 Å². The average molecular weight is 274 g/mol. The summed E-state index contributed by atoms with van der Waals surface area (Å²) in [7, 11) is 0. The number of amides is 2. The number of nitrogens with one attached hydrogen (secondary N) is 1. The number of rotatable bonds is 4. The molecular weight excluding hydrogens is 252 g/mol. The molecule has 0 bridgehead atoms. The minimum absolute atomic E-state index is 0.0359. The molecule has 2 unspecified atom stereocenters. The van der Waals surface area contributed by atoms with Gasteiger partial charge in [0.2, 0.25) is 5.91 Å². The van der Waals surface area contributed by atoms with Crippen molar-refractivity contribution in [3.8, 4) is 0 Å². The Morgan fingerprint density at radius 1 is 1.30 bits per heavy atom. The minimum Gasteiger partial charge on any atom is -0.340 e. The predicted molar refractivity (Wildman–Crippen MR) is 79.8 cm³/mol. The van der Waals surface area contributed by atoms with E-state index in [-0.39, 0.29) is 11.8 Å². The van der Waals surface area contributed by atoms with Gasteiger partial charge in [0.15, 0.2) is 0 Å². The number of para-hydroxylation sites is 1. The molecule has 0 saturated carbocycles. The van der Waals surface area contributed by atoms with Gasteiger partial charge >= 0.3 is 0 Å². The molecule has 4 heteroatoms. The molecule has 0 radical (unpaired) electrons. The third-order valence-corrected chi connectivity index (χ3v) is 3.70. The van der Waals surface area contributed by atoms with Crippen LogP contribution in [0.2, 0.25) is 0 Å². The molecule has 1 heterocycles. The second-order valence-electron chi connectivity index (χ2n) is 5.55. The van der Waals surface area contributed by atoms with Crippen LogP contribution in [0.5, 0.6) is 0 Å². The van der Waals surface area contributed by atoms with E-state index in [2.05, 4.69) is 19.2 Å². The largest absolute Gasteiger partial charge is 0.340 e. The fraction of sp³-hybridized carbons (Fsp3) is 0.500. The number of hydrogen-bond donors (Lipinski definition) is 1. The van der Waals surface area contributed by atoms with E-state index in [4.69, 9.17) is 0 Å². The van der Waals surface area contributed by atoms with Gasteiger partial charge in [0.1, 0.15) is 6.04 Å². The fourth-order valence-electron chi connectivity index (χ4n) is 2.67. The topological polar surface area (TPSA) is 49.4 Å². The normalized spacial score (nSPS) is 20.1. The molecule has 1 N–H and O–H groups in total. The number of carbonyl (C=O) groups is 2. The molecule has 108 valence electrons. The number of fused-ring (bicyclic) bond motifs is 1. The summed E-state index contributed by atoms with van der Waals surface area (Å²) in [6.07, 6.45) is 2.17. The number of hydrogen-bond acceptors (Lipinski definition) is 2. The highest BCUT2D eigenvalue weighted by atomic mass is 16.2. The number of carbonyl (C=O) groups excluding carboxylic acids is 2. The van der Waals surface area contributed by atoms with Crippen molar-refractivity contribution in [1.29, 1.82) is 0 Å². The van der Waals surface area contributed by atoms with Gasteiger partial charge in [-0.1, -0.05) is 32.4 Å². The first-order chi connectivity index (χ1) is 9.54. The van der Waals surface area contributed by atoms with Crippen molar-refractivity contribution in [3.63, 3.8) is 0 Å². The van der Waals surface area contributed by atoms with Crippen LogP contribution in [-0.2, 0) is 4.79 Å². The summed E-state index contributed by atoms with van der Waals surface area (Å²) in [6, 6.07) is 6.83. The van der Waals surface area contributed by atoms with Crippen LogP contribution in [0.4, 0.5) is 5.69 Å². The summed E-state index contributed by atoms with van der Waals surface area (Å²) in [5.41, 5.74) is 1.30. The molecule has 4 nitrogen and oxygen atoms in total. The van der Waals surface area contributed by atoms with E-state index in [0.717, 1.165) is 18.5 Å². The van der Waals surface area contributed by atoms with Crippen molar-refractivity contribution >= 4 is 17.5 Å². The maximum absolute atomic E-state index is 12.5. The van der Waals surface area contributed by atoms with E-state index in [1.165, 1.54) is 0 Å². The summed E-state index contributed by atoms with van der Waals surface area (Å²) < 4.78 is 0. The second kappa shape index (κ2) is 6.07. The summed E-state index contributed by atoms with van der Waals surface area (Å²) >= 11 is 0. The Bertz CT molecular complexity index is 513. The Balaban J connectivity index is 2.37. The zero-order valence-electron chi connectivity index (χ0n) is 12.3. The zero-order valence-corrected chi connectivity index (χ0v) is 12.3. The predicted octanol–water partition coefficient (Wildman–Crippen LogP) is 2.59. The smallest absolute Gasteiger partial charge is 0.254 e. The summed E-state index contributed by atoms with van der Waals surface area (Å²) in [5, 5.41) is 2.75. The van der Waals surface area contributed by atoms with Gasteiger partial charge in [0.05, 0.1) is 11.3 Å². The van der Waals surface area contributed by atoms with Crippen molar-refractivity contribution in [2.75, 3.05) is 11.4 Å². The van der Waals surface area contributed by atoms with Gasteiger partial charge in [0, 0.05) is 6.54 Å². The summed E-state index contributed by atoms with van der Waals surface area (Å²) in [4.78, 5) is 26.4. The fourth-order valence-corrected chi connectivity index (χ4v) is 2.67. The SMILES string of the molecule is CCCC(C)CN1C(=O)C(C)NC(=O)c2ccccc21. The van der Waals surface area contributed by atoms with Gasteiger partial charge in [-0.25, -0.2) is 0 Å². The van der Waals surface area contributed by atoms with Gasteiger partial charge in [-0.15, -0.1) is 0 Å². The second-order valence-corrected chi connectivity index (χ2v) is 5.55. The highest BCUT2D eigenvalue weighted by molar-refractivity contribution is 6.10. The van der Waals surface area contributed by atoms with E-state index in [1.54, 1.807) is 17.9 Å². The molecule has 0 fully saturated rings. The zero-order chi connectivity index (χ0) is 14.7. The van der Waals surface area contributed by atoms with Gasteiger partial charge < -0.3 is 10.2 Å². The summed E-state index contributed by atoms with van der Waals surface area (Å²) in [6.45, 7) is 6.68. The quantitative estimate of drug-likeness (QED) is 0.917. The average Bonchev–Trinajstić information content (AvgIpc) is 2.51. The molecule has 0 aliphatic carbocycles. The van der Waals surface area contributed by atoms with Gasteiger partial charge in [-0.05, 0) is 31.4 Å². The Morgan fingerprint density at radius 3 is 2.70 bits per heavy atom. The van der Waals surface area contributed by atoms with Crippen LogP contribution in [0, 0.1) is 5.92 Å². The van der Waals surface area contributed by atoms with Gasteiger partial charge in [-0.2, -0.15) is 0 Å². The first-order valence-electron chi connectivity index (χ1n) is 7.25. The number of anilines is 1. The third kappa shape index (κ3) is 2.84. The standard InChI is InChI=1S/C16H22N2O2/c1-4-7-11(2)10-18-14-9-6-5-8-13(14)15(19)17-12(3)16(18)20/h5-6,8-9,11-12H,4,7,10H2,1-3H3,(H,17,19). The Kier molecular flexibility index (Phi) is 4.42. The molecule has 1 aliphatic rings. The Morgan fingerprint density at radius 2 is 2.00 bits per heavy atom. The van der Waals surface area contributed by atoms with Gasteiger partial charge in [-0.3, -0.25) is 9.59 Å². The minimum atomic E-state index is -0.483. The lowest BCUT2D eigenvalue weighted by molar-refractivity contribution is -0.120. The first-order valence-corrected chi connectivity index (χ1v) is 7.25. The number of benzene rings is 1. The third-order valence-electron chi connectivity index (χ3n) is 3.70. The molecule has 1 aromatic carbocycles. The monoisotopic (exact) mass is 274 g/mol. The van der Waals surface area contributed by atoms with Crippen molar-refractivity contribution in [2.45, 2.75) is 39.7 Å². The molecule has 0 spiro atoms. The molecule has 2 atom stereocenters. The van der Waals surface area contributed by atoms with Crippen LogP contribution in [0.25, 0.3) is 0 Å². The van der Waals surface area contributed by atoms with Crippen molar-refractivity contribution in [3.05, 3.63) is 29.8 Å². The lowest BCUT2D eigenvalue weighted by Crippen LogP contribution is -2.45. The molecular formula is C16H22N2O2. The van der Waals surface area contributed by atoms with E-state index in [1.807, 2.05) is 18.2 Å².